The molecule has 0 bridgehead atoms. The van der Waals surface area contributed by atoms with E-state index in [-0.39, 0.29) is 36.1 Å². The molecule has 0 spiro atoms. The van der Waals surface area contributed by atoms with Gasteiger partial charge in [-0.2, -0.15) is 0 Å². The Kier molecular flexibility index (Phi) is 3.62. The smallest absolute Gasteiger partial charge is 0.325 e. The van der Waals surface area contributed by atoms with Gasteiger partial charge in [0, 0.05) is 29.6 Å². The van der Waals surface area contributed by atoms with Crippen LogP contribution in [0.4, 0.5) is 0 Å². The van der Waals surface area contributed by atoms with E-state index >= 15 is 0 Å². The number of carboxylic acid groups (broad SMARTS) is 1. The number of benzene rings is 1. The van der Waals surface area contributed by atoms with Crippen molar-refractivity contribution in [2.24, 2.45) is 0 Å². The SMILES string of the molecule is O=C(O)Cn1nnc2ccccc21.[Na]. The van der Waals surface area contributed by atoms with E-state index in [1.807, 2.05) is 12.1 Å². The van der Waals surface area contributed by atoms with Crippen LogP contribution in [0.25, 0.3) is 11.0 Å². The third-order valence-electron chi connectivity index (χ3n) is 1.71. The molecule has 0 unspecified atom stereocenters. The zero-order valence-corrected chi connectivity index (χ0v) is 9.71. The molecule has 0 amide bonds. The molecule has 67 valence electrons. The Bertz CT molecular complexity index is 455. The molecule has 1 aromatic carbocycles. The molecule has 14 heavy (non-hydrogen) atoms. The van der Waals surface area contributed by atoms with Crippen LogP contribution in [-0.2, 0) is 11.3 Å². The molecule has 6 heteroatoms. The van der Waals surface area contributed by atoms with Crippen molar-refractivity contribution in [3.05, 3.63) is 24.3 Å². The molecule has 0 aliphatic carbocycles. The molecule has 1 radical (unpaired) electrons. The summed E-state index contributed by atoms with van der Waals surface area (Å²) in [5.41, 5.74) is 1.45. The average molecular weight is 200 g/mol. The van der Waals surface area contributed by atoms with Gasteiger partial charge in [0.15, 0.2) is 0 Å². The van der Waals surface area contributed by atoms with Crippen LogP contribution in [-0.4, -0.2) is 55.6 Å². The van der Waals surface area contributed by atoms with Crippen LogP contribution in [0.3, 0.4) is 0 Å². The molecule has 0 atom stereocenters. The summed E-state index contributed by atoms with van der Waals surface area (Å²) in [5, 5.41) is 16.1. The summed E-state index contributed by atoms with van der Waals surface area (Å²) in [4.78, 5) is 10.4. The van der Waals surface area contributed by atoms with E-state index in [1.165, 1.54) is 4.68 Å². The molecule has 0 saturated carbocycles. The van der Waals surface area contributed by atoms with Crippen molar-refractivity contribution in [2.75, 3.05) is 0 Å². The van der Waals surface area contributed by atoms with Crippen LogP contribution < -0.4 is 0 Å². The number of carbonyl (C=O) groups is 1. The second kappa shape index (κ2) is 4.54. The van der Waals surface area contributed by atoms with Gasteiger partial charge in [0.25, 0.3) is 0 Å². The normalized spacial score (nSPS) is 9.71. The predicted octanol–water partition coefficient (Wildman–Crippen LogP) is 0.135. The fourth-order valence-corrected chi connectivity index (χ4v) is 1.16. The van der Waals surface area contributed by atoms with E-state index in [1.54, 1.807) is 12.1 Å². The maximum atomic E-state index is 10.4. The predicted molar refractivity (Wildman–Crippen MR) is 50.9 cm³/mol. The molecule has 2 rings (SSSR count). The quantitative estimate of drug-likeness (QED) is 0.700. The minimum Gasteiger partial charge on any atom is -0.480 e. The van der Waals surface area contributed by atoms with E-state index in [4.69, 9.17) is 5.11 Å². The first-order valence-corrected chi connectivity index (χ1v) is 3.77. The summed E-state index contributed by atoms with van der Waals surface area (Å²) in [6.45, 7) is -0.152. The van der Waals surface area contributed by atoms with Crippen molar-refractivity contribution in [3.63, 3.8) is 0 Å². The molecule has 0 saturated heterocycles. The van der Waals surface area contributed by atoms with Crippen LogP contribution in [0.5, 0.6) is 0 Å². The first-order chi connectivity index (χ1) is 6.27. The van der Waals surface area contributed by atoms with Crippen molar-refractivity contribution in [2.45, 2.75) is 6.54 Å². The molecular weight excluding hydrogens is 193 g/mol. The van der Waals surface area contributed by atoms with Gasteiger partial charge in [0.05, 0.1) is 5.52 Å². The number of fused-ring (bicyclic) bond motifs is 1. The standard InChI is InChI=1S/C8H7N3O2.Na/c12-8(13)5-11-7-4-2-1-3-6(7)9-10-11;/h1-4H,5H2,(H,12,13);. The van der Waals surface area contributed by atoms with Crippen LogP contribution in [0.15, 0.2) is 24.3 Å². The van der Waals surface area contributed by atoms with Crippen molar-refractivity contribution in [3.8, 4) is 0 Å². The number of hydrogen-bond acceptors (Lipinski definition) is 3. The minimum atomic E-state index is -0.921. The van der Waals surface area contributed by atoms with E-state index in [2.05, 4.69) is 10.3 Å². The van der Waals surface area contributed by atoms with E-state index in [9.17, 15) is 4.79 Å². The first-order valence-electron chi connectivity index (χ1n) is 3.77. The number of para-hydroxylation sites is 1. The summed E-state index contributed by atoms with van der Waals surface area (Å²) in [6.07, 6.45) is 0. The largest absolute Gasteiger partial charge is 0.480 e. The van der Waals surface area contributed by atoms with Gasteiger partial charge in [0.1, 0.15) is 12.1 Å². The number of rotatable bonds is 2. The maximum absolute atomic E-state index is 10.4. The summed E-state index contributed by atoms with van der Waals surface area (Å²) in [6, 6.07) is 7.24. The second-order valence-electron chi connectivity index (χ2n) is 2.63. The van der Waals surface area contributed by atoms with Crippen molar-refractivity contribution < 1.29 is 9.90 Å². The van der Waals surface area contributed by atoms with Gasteiger partial charge in [-0.15, -0.1) is 5.10 Å². The summed E-state index contributed by atoms with van der Waals surface area (Å²) >= 11 is 0. The Morgan fingerprint density at radius 2 is 2.14 bits per heavy atom. The van der Waals surface area contributed by atoms with Crippen LogP contribution >= 0.6 is 0 Å². The number of aliphatic carboxylic acids is 1. The van der Waals surface area contributed by atoms with Crippen LogP contribution in [0.2, 0.25) is 0 Å². The first kappa shape index (κ1) is 11.2. The Hall–Kier alpha value is -0.910. The molecule has 0 aliphatic rings. The van der Waals surface area contributed by atoms with Gasteiger partial charge in [0.2, 0.25) is 0 Å². The van der Waals surface area contributed by atoms with Gasteiger partial charge in [-0.3, -0.25) is 4.79 Å². The molecular formula is C8H7N3NaO2. The van der Waals surface area contributed by atoms with E-state index in [0.29, 0.717) is 5.52 Å². The Balaban J connectivity index is 0.000000980. The third kappa shape index (κ3) is 2.12. The van der Waals surface area contributed by atoms with E-state index < -0.39 is 5.97 Å². The van der Waals surface area contributed by atoms with E-state index in [0.717, 1.165) is 5.52 Å². The molecule has 0 fully saturated rings. The minimum absolute atomic E-state index is 0. The molecule has 1 N–H and O–H groups in total. The Morgan fingerprint density at radius 3 is 2.86 bits per heavy atom. The zero-order valence-electron chi connectivity index (χ0n) is 7.71. The average Bonchev–Trinajstić information content (AvgIpc) is 2.48. The Morgan fingerprint density at radius 1 is 1.43 bits per heavy atom. The van der Waals surface area contributed by atoms with Crippen molar-refractivity contribution in [1.82, 2.24) is 15.0 Å². The summed E-state index contributed by atoms with van der Waals surface area (Å²) in [5.74, 6) is -0.921. The van der Waals surface area contributed by atoms with Gasteiger partial charge in [-0.05, 0) is 12.1 Å². The zero-order chi connectivity index (χ0) is 9.26. The number of hydrogen-bond donors (Lipinski definition) is 1. The van der Waals surface area contributed by atoms with Crippen molar-refractivity contribution >= 4 is 46.6 Å². The topological polar surface area (TPSA) is 68.0 Å². The monoisotopic (exact) mass is 200 g/mol. The van der Waals surface area contributed by atoms with Gasteiger partial charge >= 0.3 is 5.97 Å². The molecule has 1 heterocycles. The summed E-state index contributed by atoms with van der Waals surface area (Å²) < 4.78 is 1.36. The fraction of sp³-hybridized carbons (Fsp3) is 0.125. The third-order valence-corrected chi connectivity index (χ3v) is 1.71. The fourth-order valence-electron chi connectivity index (χ4n) is 1.16. The molecule has 1 aromatic heterocycles. The Labute approximate surface area is 102 Å². The molecule has 5 nitrogen and oxygen atoms in total. The van der Waals surface area contributed by atoms with Crippen LogP contribution in [0.1, 0.15) is 0 Å². The van der Waals surface area contributed by atoms with Gasteiger partial charge in [-0.1, -0.05) is 17.3 Å². The van der Waals surface area contributed by atoms with Gasteiger partial charge < -0.3 is 5.11 Å². The number of carboxylic acids is 1. The number of aromatic nitrogens is 3. The molecule has 2 aromatic rings. The van der Waals surface area contributed by atoms with Crippen LogP contribution in [0, 0.1) is 0 Å². The second-order valence-corrected chi connectivity index (χ2v) is 2.63. The van der Waals surface area contributed by atoms with Gasteiger partial charge in [-0.25, -0.2) is 4.68 Å². The van der Waals surface area contributed by atoms with Crippen molar-refractivity contribution in [1.29, 1.82) is 0 Å². The summed E-state index contributed by atoms with van der Waals surface area (Å²) in [7, 11) is 0. The molecule has 0 aliphatic heterocycles. The number of nitrogens with zero attached hydrogens (tertiary/aromatic N) is 3. The maximum Gasteiger partial charge on any atom is 0.325 e.